The van der Waals surface area contributed by atoms with Crippen LogP contribution in [0.25, 0.3) is 22.3 Å². The van der Waals surface area contributed by atoms with Gasteiger partial charge in [-0.05, 0) is 12.1 Å². The van der Waals surface area contributed by atoms with Gasteiger partial charge in [0.2, 0.25) is 5.82 Å². The maximum Gasteiger partial charge on any atom is 0.449 e. The molecule has 0 aliphatic carbocycles. The van der Waals surface area contributed by atoms with Crippen molar-refractivity contribution >= 4 is 11.0 Å². The minimum atomic E-state index is -5.01. The first-order valence-corrected chi connectivity index (χ1v) is 6.76. The molecule has 1 radical (unpaired) electrons. The van der Waals surface area contributed by atoms with Gasteiger partial charge in [-0.3, -0.25) is 4.98 Å². The van der Waals surface area contributed by atoms with E-state index in [9.17, 15) is 30.7 Å². The number of alkyl halides is 5. The molecule has 2 aromatic heterocycles. The van der Waals surface area contributed by atoms with Crippen LogP contribution in [0.3, 0.4) is 0 Å². The molecule has 0 N–H and O–H groups in total. The van der Waals surface area contributed by atoms with Gasteiger partial charge in [0.25, 0.3) is 6.43 Å². The van der Waals surface area contributed by atoms with E-state index in [2.05, 4.69) is 9.97 Å². The fourth-order valence-corrected chi connectivity index (χ4v) is 2.42. The molecule has 25 heavy (non-hydrogen) atoms. The van der Waals surface area contributed by atoms with Crippen LogP contribution < -0.4 is 0 Å². The van der Waals surface area contributed by atoms with Gasteiger partial charge in [-0.1, -0.05) is 6.07 Å². The largest absolute Gasteiger partial charge is 0.449 e. The molecule has 1 aromatic carbocycles. The Morgan fingerprint density at radius 1 is 1.16 bits per heavy atom. The van der Waals surface area contributed by atoms with Crippen LogP contribution in [0, 0.1) is 17.7 Å². The van der Waals surface area contributed by atoms with Crippen molar-refractivity contribution in [3.63, 3.8) is 0 Å². The van der Waals surface area contributed by atoms with Crippen molar-refractivity contribution in [2.24, 2.45) is 0 Å². The second-order valence-electron chi connectivity index (χ2n) is 4.98. The van der Waals surface area contributed by atoms with Crippen LogP contribution in [-0.2, 0) is 12.7 Å². The molecule has 131 valence electrons. The number of fused-ring (bicyclic) bond motifs is 1. The molecule has 0 fully saturated rings. The van der Waals surface area contributed by atoms with Crippen molar-refractivity contribution in [1.29, 1.82) is 0 Å². The SMILES string of the molecule is Fc1[c]ccc(-c2nccc3c2nc(C(F)(F)F)n3CC(F)F)c1F. The lowest BCUT2D eigenvalue weighted by Crippen LogP contribution is -2.17. The molecule has 0 atom stereocenters. The Balaban J connectivity index is 2.33. The van der Waals surface area contributed by atoms with E-state index in [0.717, 1.165) is 24.4 Å². The third kappa shape index (κ3) is 3.03. The molecule has 0 spiro atoms. The van der Waals surface area contributed by atoms with E-state index >= 15 is 0 Å². The average Bonchev–Trinajstić information content (AvgIpc) is 2.88. The lowest BCUT2D eigenvalue weighted by Gasteiger charge is -2.10. The number of benzene rings is 1. The highest BCUT2D eigenvalue weighted by molar-refractivity contribution is 5.90. The fourth-order valence-electron chi connectivity index (χ4n) is 2.42. The predicted octanol–water partition coefficient (Wildman–Crippen LogP) is 4.46. The molecule has 10 heteroatoms. The molecule has 0 saturated carbocycles. The summed E-state index contributed by atoms with van der Waals surface area (Å²) in [5.41, 5.74) is -1.61. The number of rotatable bonds is 3. The standard InChI is InChI=1S/C15H7F7N3/c16-8-3-1-2-7(11(8)19)12-13-9(4-5-23-12)25(6-10(17)18)14(24-13)15(20,21)22/h1-2,4-5,10H,6H2. The molecular weight excluding hydrogens is 355 g/mol. The van der Waals surface area contributed by atoms with Gasteiger partial charge < -0.3 is 4.57 Å². The van der Waals surface area contributed by atoms with E-state index in [1.165, 1.54) is 0 Å². The van der Waals surface area contributed by atoms with Crippen LogP contribution >= 0.6 is 0 Å². The summed E-state index contributed by atoms with van der Waals surface area (Å²) in [6.45, 7) is -1.26. The molecule has 0 unspecified atom stereocenters. The molecule has 3 rings (SSSR count). The zero-order valence-corrected chi connectivity index (χ0v) is 12.1. The van der Waals surface area contributed by atoms with E-state index in [4.69, 9.17) is 0 Å². The van der Waals surface area contributed by atoms with Crippen molar-refractivity contribution in [3.05, 3.63) is 47.9 Å². The monoisotopic (exact) mass is 362 g/mol. The van der Waals surface area contributed by atoms with Crippen molar-refractivity contribution in [1.82, 2.24) is 14.5 Å². The Hall–Kier alpha value is -2.65. The van der Waals surface area contributed by atoms with Gasteiger partial charge in [0.05, 0.1) is 12.1 Å². The molecule has 2 heterocycles. The molecule has 3 nitrogen and oxygen atoms in total. The highest BCUT2D eigenvalue weighted by Crippen LogP contribution is 2.35. The quantitative estimate of drug-likeness (QED) is 0.644. The highest BCUT2D eigenvalue weighted by atomic mass is 19.4. The van der Waals surface area contributed by atoms with Gasteiger partial charge in [-0.25, -0.2) is 22.5 Å². The third-order valence-corrected chi connectivity index (χ3v) is 3.39. The number of imidazole rings is 1. The number of nitrogens with zero attached hydrogens (tertiary/aromatic N) is 3. The van der Waals surface area contributed by atoms with Crippen molar-refractivity contribution in [2.45, 2.75) is 19.1 Å². The molecular formula is C15H7F7N3. The van der Waals surface area contributed by atoms with Gasteiger partial charge >= 0.3 is 6.18 Å². The van der Waals surface area contributed by atoms with Crippen molar-refractivity contribution < 1.29 is 30.7 Å². The average molecular weight is 362 g/mol. The smallest absolute Gasteiger partial charge is 0.314 e. The summed E-state index contributed by atoms with van der Waals surface area (Å²) in [7, 11) is 0. The van der Waals surface area contributed by atoms with Crippen molar-refractivity contribution in [3.8, 4) is 11.3 Å². The summed E-state index contributed by atoms with van der Waals surface area (Å²) in [5, 5.41) is 0. The lowest BCUT2D eigenvalue weighted by atomic mass is 10.1. The molecule has 0 aliphatic heterocycles. The van der Waals surface area contributed by atoms with Gasteiger partial charge in [-0.2, -0.15) is 13.2 Å². The minimum absolute atomic E-state index is 0.286. The Labute approximate surface area is 135 Å². The number of hydrogen-bond donors (Lipinski definition) is 0. The summed E-state index contributed by atoms with van der Waals surface area (Å²) in [4.78, 5) is 7.07. The first-order valence-electron chi connectivity index (χ1n) is 6.76. The Bertz CT molecular complexity index is 931. The van der Waals surface area contributed by atoms with Crippen LogP contribution in [-0.4, -0.2) is 21.0 Å². The zero-order chi connectivity index (χ0) is 18.4. The third-order valence-electron chi connectivity index (χ3n) is 3.39. The topological polar surface area (TPSA) is 30.7 Å². The number of hydrogen-bond acceptors (Lipinski definition) is 2. The Morgan fingerprint density at radius 2 is 1.88 bits per heavy atom. The second-order valence-corrected chi connectivity index (χ2v) is 4.98. The Morgan fingerprint density at radius 3 is 2.52 bits per heavy atom. The van der Waals surface area contributed by atoms with Crippen LogP contribution in [0.5, 0.6) is 0 Å². The van der Waals surface area contributed by atoms with Crippen LogP contribution in [0.4, 0.5) is 30.7 Å². The van der Waals surface area contributed by atoms with E-state index in [1.807, 2.05) is 6.07 Å². The number of halogens is 7. The van der Waals surface area contributed by atoms with E-state index in [0.29, 0.717) is 0 Å². The molecule has 0 aliphatic rings. The zero-order valence-electron chi connectivity index (χ0n) is 12.1. The predicted molar refractivity (Wildman–Crippen MR) is 72.7 cm³/mol. The van der Waals surface area contributed by atoms with E-state index in [-0.39, 0.29) is 15.8 Å². The van der Waals surface area contributed by atoms with Crippen LogP contribution in [0.2, 0.25) is 0 Å². The summed E-state index contributed by atoms with van der Waals surface area (Å²) >= 11 is 0. The lowest BCUT2D eigenvalue weighted by molar-refractivity contribution is -0.147. The molecule has 0 saturated heterocycles. The second kappa shape index (κ2) is 6.01. The van der Waals surface area contributed by atoms with E-state index < -0.39 is 47.7 Å². The fraction of sp³-hybridized carbons (Fsp3) is 0.200. The molecule has 0 bridgehead atoms. The van der Waals surface area contributed by atoms with Gasteiger partial charge in [0, 0.05) is 17.8 Å². The Kier molecular flexibility index (Phi) is 4.13. The van der Waals surface area contributed by atoms with Crippen molar-refractivity contribution in [2.75, 3.05) is 0 Å². The number of pyridine rings is 1. The molecule has 0 amide bonds. The molecule has 3 aromatic rings. The van der Waals surface area contributed by atoms with Gasteiger partial charge in [-0.15, -0.1) is 0 Å². The maximum absolute atomic E-state index is 13.9. The maximum atomic E-state index is 13.9. The summed E-state index contributed by atoms with van der Waals surface area (Å²) < 4.78 is 92.3. The number of aromatic nitrogens is 3. The normalized spacial score (nSPS) is 12.3. The highest BCUT2D eigenvalue weighted by Gasteiger charge is 2.38. The van der Waals surface area contributed by atoms with Gasteiger partial charge in [0.1, 0.15) is 11.2 Å². The van der Waals surface area contributed by atoms with E-state index in [1.54, 1.807) is 0 Å². The summed E-state index contributed by atoms with van der Waals surface area (Å²) in [5.74, 6) is -4.29. The summed E-state index contributed by atoms with van der Waals surface area (Å²) in [6, 6.07) is 5.08. The first kappa shape index (κ1) is 17.2. The summed E-state index contributed by atoms with van der Waals surface area (Å²) in [6.07, 6.45) is -7.08. The van der Waals surface area contributed by atoms with Crippen LogP contribution in [0.1, 0.15) is 5.82 Å². The first-order chi connectivity index (χ1) is 11.7. The minimum Gasteiger partial charge on any atom is -0.314 e. The van der Waals surface area contributed by atoms with Crippen LogP contribution in [0.15, 0.2) is 24.4 Å². The van der Waals surface area contributed by atoms with Gasteiger partial charge in [0.15, 0.2) is 11.6 Å².